The highest BCUT2D eigenvalue weighted by atomic mass is 32.2. The van der Waals surface area contributed by atoms with E-state index in [4.69, 9.17) is 0 Å². The maximum absolute atomic E-state index is 13.4. The summed E-state index contributed by atoms with van der Waals surface area (Å²) in [6.07, 6.45) is -0.00475. The van der Waals surface area contributed by atoms with Crippen LogP contribution in [-0.2, 0) is 22.7 Å². The first-order valence-electron chi connectivity index (χ1n) is 11.5. The van der Waals surface area contributed by atoms with Crippen molar-refractivity contribution in [3.8, 4) is 17.3 Å². The molecule has 38 heavy (non-hydrogen) atoms. The lowest BCUT2D eigenvalue weighted by Crippen LogP contribution is -2.40. The normalized spacial score (nSPS) is 21.0. The third-order valence-corrected chi connectivity index (χ3v) is 8.74. The van der Waals surface area contributed by atoms with Gasteiger partial charge in [0, 0.05) is 42.4 Å². The summed E-state index contributed by atoms with van der Waals surface area (Å²) in [6.45, 7) is 4.16. The minimum atomic E-state index is -4.68. The van der Waals surface area contributed by atoms with Gasteiger partial charge in [-0.05, 0) is 54.7 Å². The highest BCUT2D eigenvalue weighted by molar-refractivity contribution is 7.89. The van der Waals surface area contributed by atoms with Gasteiger partial charge in [0.05, 0.1) is 22.2 Å². The Labute approximate surface area is 215 Å². The highest BCUT2D eigenvalue weighted by Gasteiger charge is 2.56. The number of fused-ring (bicyclic) bond motifs is 1. The average molecular weight is 545 g/mol. The molecule has 8 nitrogen and oxygen atoms in total. The summed E-state index contributed by atoms with van der Waals surface area (Å²) in [7, 11) is -3.90. The molecule has 0 amide bonds. The van der Waals surface area contributed by atoms with Crippen LogP contribution >= 0.6 is 0 Å². The van der Waals surface area contributed by atoms with Crippen LogP contribution in [0.25, 0.3) is 11.3 Å². The molecule has 0 unspecified atom stereocenters. The first kappa shape index (κ1) is 25.7. The molecule has 3 fully saturated rings. The number of hydrogen-bond acceptors (Lipinski definition) is 7. The van der Waals surface area contributed by atoms with E-state index in [2.05, 4.69) is 26.8 Å². The van der Waals surface area contributed by atoms with Crippen molar-refractivity contribution in [2.75, 3.05) is 0 Å². The van der Waals surface area contributed by atoms with Crippen LogP contribution in [-0.4, -0.2) is 39.8 Å². The average Bonchev–Trinajstić information content (AvgIpc) is 3.45. The first-order chi connectivity index (χ1) is 18.0. The van der Waals surface area contributed by atoms with E-state index in [0.29, 0.717) is 24.1 Å². The molecule has 13 heteroatoms. The number of nitrogens with one attached hydrogen (secondary N) is 1. The summed E-state index contributed by atoms with van der Waals surface area (Å²) in [5, 5.41) is 12.6. The van der Waals surface area contributed by atoms with Crippen LogP contribution in [0.3, 0.4) is 0 Å². The number of halogens is 4. The minimum absolute atomic E-state index is 0.00597. The van der Waals surface area contributed by atoms with Crippen molar-refractivity contribution >= 4 is 10.0 Å². The monoisotopic (exact) mass is 544 g/mol. The fourth-order valence-corrected chi connectivity index (χ4v) is 6.75. The Hall–Kier alpha value is -3.89. The van der Waals surface area contributed by atoms with Gasteiger partial charge in [-0.3, -0.25) is 4.98 Å². The number of pyridine rings is 1. The quantitative estimate of drug-likeness (QED) is 0.447. The van der Waals surface area contributed by atoms with Gasteiger partial charge in [-0.15, -0.1) is 0 Å². The van der Waals surface area contributed by atoms with Crippen LogP contribution in [0.4, 0.5) is 17.6 Å². The number of sulfonamides is 1. The zero-order valence-electron chi connectivity index (χ0n) is 19.7. The molecule has 3 aliphatic rings. The number of aromatic nitrogens is 3. The third-order valence-electron chi connectivity index (χ3n) is 6.79. The number of nitrogens with zero attached hydrogens (tertiary/aromatic N) is 5. The van der Waals surface area contributed by atoms with Crippen molar-refractivity contribution in [2.24, 2.45) is 5.92 Å². The molecule has 6 rings (SSSR count). The van der Waals surface area contributed by atoms with E-state index < -0.39 is 33.9 Å². The molecule has 2 bridgehead atoms. The second kappa shape index (κ2) is 9.45. The van der Waals surface area contributed by atoms with Gasteiger partial charge in [-0.1, -0.05) is 6.58 Å². The molecule has 0 spiro atoms. The van der Waals surface area contributed by atoms with Crippen molar-refractivity contribution in [3.05, 3.63) is 84.0 Å². The Morgan fingerprint density at radius 2 is 1.79 bits per heavy atom. The van der Waals surface area contributed by atoms with Crippen LogP contribution in [0.1, 0.15) is 29.8 Å². The van der Waals surface area contributed by atoms with E-state index in [1.165, 1.54) is 28.7 Å². The van der Waals surface area contributed by atoms with Gasteiger partial charge in [0.2, 0.25) is 15.8 Å². The molecule has 1 aromatic carbocycles. The lowest BCUT2D eigenvalue weighted by atomic mass is 9.82. The molecule has 3 aromatic rings. The second-order valence-corrected chi connectivity index (χ2v) is 11.0. The predicted octanol–water partition coefficient (Wildman–Crippen LogP) is 4.02. The van der Waals surface area contributed by atoms with Crippen LogP contribution < -0.4 is 5.32 Å². The van der Waals surface area contributed by atoms with Crippen molar-refractivity contribution in [3.63, 3.8) is 0 Å². The standard InChI is InChI=1S/C25H20F4N6O2S/c1-14(23-15-6-20(7-15)35(23)38(36,37)21-4-2-19(26)3-5-21)31-10-16-8-22(32-11-17(16)9-30)18-12-33-24(34-13-18)25(27,28)29/h2-5,8,11-13,15,20,23,31H,1,6-7,10H2/t15?,20?,23-/m1/s1. The maximum atomic E-state index is 13.4. The van der Waals surface area contributed by atoms with Crippen molar-refractivity contribution in [2.45, 2.75) is 42.5 Å². The molecule has 2 aliphatic heterocycles. The van der Waals surface area contributed by atoms with Gasteiger partial charge in [0.1, 0.15) is 11.9 Å². The highest BCUT2D eigenvalue weighted by Crippen LogP contribution is 2.50. The summed E-state index contributed by atoms with van der Waals surface area (Å²) in [5.74, 6) is -1.74. The Morgan fingerprint density at radius 3 is 2.39 bits per heavy atom. The van der Waals surface area contributed by atoms with Gasteiger partial charge in [0.25, 0.3) is 0 Å². The zero-order valence-corrected chi connectivity index (χ0v) is 20.5. The lowest BCUT2D eigenvalue weighted by molar-refractivity contribution is -0.144. The van der Waals surface area contributed by atoms with Gasteiger partial charge in [-0.25, -0.2) is 22.8 Å². The SMILES string of the molecule is C=C(NCc1cc(-c2cnc(C(F)(F)F)nc2)ncc1C#N)[C@@H]1C2CC(C2)N1S(=O)(=O)c1ccc(F)cc1. The van der Waals surface area contributed by atoms with Crippen molar-refractivity contribution < 1.29 is 26.0 Å². The van der Waals surface area contributed by atoms with Crippen molar-refractivity contribution in [1.29, 1.82) is 5.26 Å². The molecule has 1 saturated carbocycles. The molecule has 1 aliphatic carbocycles. The molecule has 2 saturated heterocycles. The Kier molecular flexibility index (Phi) is 6.40. The Morgan fingerprint density at radius 1 is 1.13 bits per heavy atom. The van der Waals surface area contributed by atoms with E-state index in [0.717, 1.165) is 24.5 Å². The number of hydrogen-bond donors (Lipinski definition) is 1. The smallest absolute Gasteiger partial charge is 0.383 e. The van der Waals surface area contributed by atoms with E-state index in [-0.39, 0.29) is 40.2 Å². The number of rotatable bonds is 7. The summed E-state index contributed by atoms with van der Waals surface area (Å²) in [6, 6.07) is 7.52. The summed E-state index contributed by atoms with van der Waals surface area (Å²) >= 11 is 0. The van der Waals surface area contributed by atoms with Gasteiger partial charge >= 0.3 is 6.18 Å². The maximum Gasteiger partial charge on any atom is 0.451 e. The van der Waals surface area contributed by atoms with Crippen LogP contribution in [0.5, 0.6) is 0 Å². The first-order valence-corrected chi connectivity index (χ1v) is 12.9. The number of alkyl halides is 3. The van der Waals surface area contributed by atoms with Crippen LogP contribution in [0.2, 0.25) is 0 Å². The Bertz CT molecular complexity index is 1530. The largest absolute Gasteiger partial charge is 0.451 e. The number of nitriles is 1. The Balaban J connectivity index is 1.35. The van der Waals surface area contributed by atoms with Crippen LogP contribution in [0, 0.1) is 23.1 Å². The molecule has 1 N–H and O–H groups in total. The minimum Gasteiger partial charge on any atom is -0.383 e. The molecule has 2 aromatic heterocycles. The van der Waals surface area contributed by atoms with E-state index in [1.807, 2.05) is 6.07 Å². The fraction of sp³-hybridized carbons (Fsp3) is 0.280. The van der Waals surface area contributed by atoms with Gasteiger partial charge in [-0.2, -0.15) is 22.7 Å². The molecule has 196 valence electrons. The molecule has 1 atom stereocenters. The molecule has 0 radical (unpaired) electrons. The van der Waals surface area contributed by atoms with Gasteiger partial charge in [0.15, 0.2) is 0 Å². The zero-order chi connectivity index (χ0) is 27.2. The molecule has 4 heterocycles. The summed E-state index contributed by atoms with van der Waals surface area (Å²) in [5.41, 5.74) is 1.66. The van der Waals surface area contributed by atoms with Gasteiger partial charge < -0.3 is 5.32 Å². The fourth-order valence-electron chi connectivity index (χ4n) is 4.86. The van der Waals surface area contributed by atoms with E-state index in [1.54, 1.807) is 0 Å². The second-order valence-electron chi connectivity index (χ2n) is 9.13. The van der Waals surface area contributed by atoms with E-state index >= 15 is 0 Å². The molecular weight excluding hydrogens is 524 g/mol. The lowest BCUT2D eigenvalue weighted by Gasteiger charge is -2.26. The summed E-state index contributed by atoms with van der Waals surface area (Å²) in [4.78, 5) is 10.8. The van der Waals surface area contributed by atoms with E-state index in [9.17, 15) is 31.2 Å². The topological polar surface area (TPSA) is 112 Å². The predicted molar refractivity (Wildman–Crippen MR) is 127 cm³/mol. The number of benzene rings is 1. The molecular formula is C25H20F4N6O2S. The third kappa shape index (κ3) is 4.61. The summed E-state index contributed by atoms with van der Waals surface area (Å²) < 4.78 is 79.8. The van der Waals surface area contributed by atoms with Crippen molar-refractivity contribution in [1.82, 2.24) is 24.6 Å². The van der Waals surface area contributed by atoms with Crippen LogP contribution in [0.15, 0.2) is 66.1 Å².